The van der Waals surface area contributed by atoms with E-state index in [0.29, 0.717) is 12.1 Å². The largest absolute Gasteiger partial charge is 0.467 e. The Hall–Kier alpha value is -3.11. The van der Waals surface area contributed by atoms with Crippen molar-refractivity contribution in [1.29, 1.82) is 0 Å². The van der Waals surface area contributed by atoms with Gasteiger partial charge in [0, 0.05) is 0 Å². The lowest BCUT2D eigenvalue weighted by Crippen LogP contribution is -2.61. The van der Waals surface area contributed by atoms with Gasteiger partial charge in [0.2, 0.25) is 0 Å². The summed E-state index contributed by atoms with van der Waals surface area (Å²) in [6, 6.07) is 5.33. The quantitative estimate of drug-likeness (QED) is 0.272. The third-order valence-electron chi connectivity index (χ3n) is 6.02. The lowest BCUT2D eigenvalue weighted by molar-refractivity contribution is -0.143. The van der Waals surface area contributed by atoms with Crippen molar-refractivity contribution >= 4 is 37.7 Å². The van der Waals surface area contributed by atoms with Gasteiger partial charge in [-0.1, -0.05) is 47.5 Å². The van der Waals surface area contributed by atoms with Crippen molar-refractivity contribution in [2.75, 3.05) is 0 Å². The number of alkyl halides is 12. The predicted octanol–water partition coefficient (Wildman–Crippen LogP) is 5.93. The fourth-order valence-corrected chi connectivity index (χ4v) is 4.24. The van der Waals surface area contributed by atoms with Gasteiger partial charge in [-0.2, -0.15) is 52.7 Å². The van der Waals surface area contributed by atoms with Crippen LogP contribution in [-0.4, -0.2) is 21.4 Å². The van der Waals surface area contributed by atoms with E-state index in [0.717, 1.165) is 24.3 Å². The number of hydrogen-bond acceptors (Lipinski definition) is 3. The molecule has 42 heavy (non-hydrogen) atoms. The van der Waals surface area contributed by atoms with E-state index in [1.165, 1.54) is 13.8 Å². The van der Waals surface area contributed by atoms with Crippen LogP contribution in [0.15, 0.2) is 54.6 Å². The molecule has 3 nitrogen and oxygen atoms in total. The Morgan fingerprint density at radius 2 is 0.619 bits per heavy atom. The van der Waals surface area contributed by atoms with Gasteiger partial charge in [0.1, 0.15) is 0 Å². The minimum atomic E-state index is -5.27. The van der Waals surface area contributed by atoms with Gasteiger partial charge in [0.05, 0.1) is 22.3 Å². The molecule has 3 aromatic carbocycles. The average Bonchev–Trinajstić information content (AvgIpc) is 2.85. The number of benzene rings is 3. The summed E-state index contributed by atoms with van der Waals surface area (Å²) in [6.45, 7) is 2.54. The summed E-state index contributed by atoms with van der Waals surface area (Å²) in [5, 5.41) is 0. The molecule has 1 aliphatic heterocycles. The maximum atomic E-state index is 13.5. The molecule has 0 atom stereocenters. The molecule has 1 aliphatic rings. The van der Waals surface area contributed by atoms with Gasteiger partial charge in [-0.3, -0.25) is 0 Å². The molecule has 0 aliphatic carbocycles. The number of aryl methyl sites for hydroxylation is 2. The third-order valence-corrected chi connectivity index (χ3v) is 6.02. The van der Waals surface area contributed by atoms with E-state index in [1.54, 1.807) is 0 Å². The first-order valence-corrected chi connectivity index (χ1v) is 11.7. The molecule has 4 rings (SSSR count). The third kappa shape index (κ3) is 7.26. The minimum Gasteiger partial charge on any atom is -0.445 e. The zero-order chi connectivity index (χ0) is 31.4. The molecule has 0 saturated carbocycles. The maximum absolute atomic E-state index is 13.5. The van der Waals surface area contributed by atoms with Crippen molar-refractivity contribution in [2.45, 2.75) is 38.6 Å². The van der Waals surface area contributed by atoms with E-state index >= 15 is 0 Å². The van der Waals surface area contributed by atoms with Crippen LogP contribution in [0.3, 0.4) is 0 Å². The Kier molecular flexibility index (Phi) is 8.23. The molecule has 1 heterocycles. The van der Waals surface area contributed by atoms with E-state index in [1.807, 2.05) is 0 Å². The van der Waals surface area contributed by atoms with Crippen LogP contribution < -0.4 is 16.4 Å². The summed E-state index contributed by atoms with van der Waals surface area (Å²) >= 11 is 0. The zero-order valence-electron chi connectivity index (χ0n) is 21.2. The Bertz CT molecular complexity index is 1360. The van der Waals surface area contributed by atoms with Crippen molar-refractivity contribution in [3.8, 4) is 0 Å². The smallest absolute Gasteiger partial charge is 0.445 e. The summed E-state index contributed by atoms with van der Waals surface area (Å²) in [5.74, 6) is 0. The van der Waals surface area contributed by atoms with Gasteiger partial charge in [-0.15, -0.1) is 0 Å². The Morgan fingerprint density at radius 3 is 0.881 bits per heavy atom. The summed E-state index contributed by atoms with van der Waals surface area (Å²) in [5.41, 5.74) is -7.40. The monoisotopic (exact) mass is 612 g/mol. The van der Waals surface area contributed by atoms with Gasteiger partial charge >= 0.3 is 46.1 Å². The lowest BCUT2D eigenvalue weighted by atomic mass is 9.61. The average molecular weight is 612 g/mol. The normalized spacial score (nSPS) is 15.4. The van der Waals surface area contributed by atoms with Crippen LogP contribution in [0.1, 0.15) is 33.4 Å². The second-order valence-electron chi connectivity index (χ2n) is 9.50. The fraction of sp³-hybridized carbons (Fsp3) is 0.250. The molecule has 3 aromatic rings. The van der Waals surface area contributed by atoms with Crippen LogP contribution in [0.5, 0.6) is 0 Å². The molecular weight excluding hydrogens is 597 g/mol. The van der Waals surface area contributed by atoms with E-state index in [-0.39, 0.29) is 40.3 Å². The number of halogens is 12. The fourth-order valence-electron chi connectivity index (χ4n) is 4.24. The van der Waals surface area contributed by atoms with Crippen LogP contribution >= 0.6 is 0 Å². The minimum absolute atomic E-state index is 0.0277. The van der Waals surface area contributed by atoms with Crippen molar-refractivity contribution in [3.05, 3.63) is 88.0 Å². The van der Waals surface area contributed by atoms with Crippen molar-refractivity contribution in [2.24, 2.45) is 0 Å². The molecule has 0 spiro atoms. The summed E-state index contributed by atoms with van der Waals surface area (Å²) in [4.78, 5) is 0. The number of hydrogen-bond donors (Lipinski definition) is 0. The molecule has 0 aromatic heterocycles. The SMILES string of the molecule is Cc1cc(B2OB(c3cc(C)cc(C(F)(F)F)c3)OB(c3cc(C(F)(F)F)cc(C(F)(F)F)c3)O2)cc(C(F)(F)F)c1. The summed E-state index contributed by atoms with van der Waals surface area (Å²) in [6.07, 6.45) is -20.3. The highest BCUT2D eigenvalue weighted by molar-refractivity contribution is 6.87. The molecule has 0 unspecified atom stereocenters. The van der Waals surface area contributed by atoms with Gasteiger partial charge in [0.15, 0.2) is 0 Å². The second kappa shape index (κ2) is 10.9. The van der Waals surface area contributed by atoms with Crippen LogP contribution in [0, 0.1) is 13.8 Å². The standard InChI is InChI=1S/C24H15B3F12O3/c1-12-3-14(21(28,29)30)8-18(5-12)25-40-26(19-6-13(2)4-15(9-19)22(31,32)33)42-27(41-25)20-10-16(23(34,35)36)7-17(11-20)24(37,38)39/h3-11H,1-2H3. The second-order valence-corrected chi connectivity index (χ2v) is 9.50. The van der Waals surface area contributed by atoms with E-state index in [9.17, 15) is 52.7 Å². The van der Waals surface area contributed by atoms with Crippen LogP contribution in [-0.2, 0) is 38.4 Å². The molecule has 18 heteroatoms. The Balaban J connectivity index is 1.88. The van der Waals surface area contributed by atoms with Gasteiger partial charge in [0.25, 0.3) is 0 Å². The van der Waals surface area contributed by atoms with Gasteiger partial charge in [-0.25, -0.2) is 0 Å². The van der Waals surface area contributed by atoms with Crippen LogP contribution in [0.4, 0.5) is 52.7 Å². The van der Waals surface area contributed by atoms with E-state index in [2.05, 4.69) is 0 Å². The van der Waals surface area contributed by atoms with Crippen molar-refractivity contribution in [3.63, 3.8) is 0 Å². The highest BCUT2D eigenvalue weighted by Crippen LogP contribution is 2.35. The molecule has 0 bridgehead atoms. The summed E-state index contributed by atoms with van der Waals surface area (Å²) < 4.78 is 178. The van der Waals surface area contributed by atoms with E-state index < -0.39 is 73.8 Å². The Labute approximate surface area is 231 Å². The van der Waals surface area contributed by atoms with Crippen LogP contribution in [0.2, 0.25) is 0 Å². The highest BCUT2D eigenvalue weighted by Gasteiger charge is 2.47. The molecule has 1 fully saturated rings. The molecule has 0 amide bonds. The van der Waals surface area contributed by atoms with Gasteiger partial charge < -0.3 is 13.7 Å². The molecule has 222 valence electrons. The maximum Gasteiger partial charge on any atom is 0.467 e. The van der Waals surface area contributed by atoms with Gasteiger partial charge in [-0.05, 0) is 48.4 Å². The predicted molar refractivity (Wildman–Crippen MR) is 128 cm³/mol. The van der Waals surface area contributed by atoms with Crippen molar-refractivity contribution < 1.29 is 66.4 Å². The first kappa shape index (κ1) is 31.8. The molecular formula is C24H15B3F12O3. The first-order chi connectivity index (χ1) is 19.1. The molecule has 1 saturated heterocycles. The van der Waals surface area contributed by atoms with Crippen molar-refractivity contribution in [1.82, 2.24) is 0 Å². The topological polar surface area (TPSA) is 27.7 Å². The summed E-state index contributed by atoms with van der Waals surface area (Å²) in [7, 11) is -6.00. The lowest BCUT2D eigenvalue weighted by Gasteiger charge is -2.32. The first-order valence-electron chi connectivity index (χ1n) is 11.7. The highest BCUT2D eigenvalue weighted by atomic mass is 19.4. The Morgan fingerprint density at radius 1 is 0.381 bits per heavy atom. The molecule has 0 radical (unpaired) electrons. The zero-order valence-corrected chi connectivity index (χ0v) is 21.2. The van der Waals surface area contributed by atoms with E-state index in [4.69, 9.17) is 13.7 Å². The molecule has 0 N–H and O–H groups in total. The number of rotatable bonds is 3. The van der Waals surface area contributed by atoms with Crippen LogP contribution in [0.25, 0.3) is 0 Å².